The highest BCUT2D eigenvalue weighted by Gasteiger charge is 2.11. The van der Waals surface area contributed by atoms with Gasteiger partial charge in [0.1, 0.15) is 0 Å². The lowest BCUT2D eigenvalue weighted by atomic mass is 9.96. The molecule has 0 radical (unpaired) electrons. The average Bonchev–Trinajstić information content (AvgIpc) is 2.69. The Morgan fingerprint density at radius 1 is 1.57 bits per heavy atom. The van der Waals surface area contributed by atoms with Gasteiger partial charge in [0, 0.05) is 6.04 Å². The number of nitrogens with two attached hydrogens (primary N) is 1. The van der Waals surface area contributed by atoms with Gasteiger partial charge in [-0.05, 0) is 41.1 Å². The standard InChI is InChI=1S/C11H20N2S/c1-3-9(2)6-11(13-12)7-10-4-5-14-8-10/h4-5,8-9,11,13H,3,6-7,12H2,1-2H3. The van der Waals surface area contributed by atoms with Gasteiger partial charge in [0.15, 0.2) is 0 Å². The van der Waals surface area contributed by atoms with Crippen LogP contribution in [0.3, 0.4) is 0 Å². The third kappa shape index (κ3) is 3.78. The van der Waals surface area contributed by atoms with Crippen molar-refractivity contribution in [2.45, 2.75) is 39.2 Å². The lowest BCUT2D eigenvalue weighted by Crippen LogP contribution is -2.37. The minimum absolute atomic E-state index is 0.416. The molecule has 1 aromatic rings. The summed E-state index contributed by atoms with van der Waals surface area (Å²) < 4.78 is 0. The molecule has 0 saturated heterocycles. The molecule has 14 heavy (non-hydrogen) atoms. The smallest absolute Gasteiger partial charge is 0.0253 e. The van der Waals surface area contributed by atoms with E-state index in [2.05, 4.69) is 36.1 Å². The van der Waals surface area contributed by atoms with Crippen LogP contribution in [-0.4, -0.2) is 6.04 Å². The number of rotatable bonds is 6. The average molecular weight is 212 g/mol. The summed E-state index contributed by atoms with van der Waals surface area (Å²) in [5, 5.41) is 4.31. The molecule has 0 fully saturated rings. The molecule has 1 aromatic heterocycles. The number of hydrogen-bond donors (Lipinski definition) is 2. The Labute approximate surface area is 90.5 Å². The molecule has 2 nitrogen and oxygen atoms in total. The Kier molecular flexibility index (Phi) is 5.15. The maximum Gasteiger partial charge on any atom is 0.0253 e. The van der Waals surface area contributed by atoms with E-state index in [1.54, 1.807) is 11.3 Å². The number of hydrazine groups is 1. The second-order valence-electron chi connectivity index (χ2n) is 3.95. The van der Waals surface area contributed by atoms with Crippen molar-refractivity contribution in [1.82, 2.24) is 5.43 Å². The SMILES string of the molecule is CCC(C)CC(Cc1ccsc1)NN. The first-order chi connectivity index (χ1) is 6.76. The molecule has 1 heterocycles. The van der Waals surface area contributed by atoms with Gasteiger partial charge in [0.05, 0.1) is 0 Å². The number of nitrogens with one attached hydrogen (secondary N) is 1. The van der Waals surface area contributed by atoms with Crippen LogP contribution in [0.1, 0.15) is 32.3 Å². The Balaban J connectivity index is 2.39. The monoisotopic (exact) mass is 212 g/mol. The van der Waals surface area contributed by atoms with Crippen molar-refractivity contribution in [2.75, 3.05) is 0 Å². The molecule has 1 rings (SSSR count). The van der Waals surface area contributed by atoms with Crippen molar-refractivity contribution in [2.24, 2.45) is 11.8 Å². The molecule has 0 amide bonds. The summed E-state index contributed by atoms with van der Waals surface area (Å²) >= 11 is 1.75. The Bertz CT molecular complexity index is 233. The molecule has 0 aliphatic carbocycles. The molecule has 0 aromatic carbocycles. The van der Waals surface area contributed by atoms with Crippen molar-refractivity contribution < 1.29 is 0 Å². The molecule has 0 bridgehead atoms. The topological polar surface area (TPSA) is 38.0 Å². The Hall–Kier alpha value is -0.380. The van der Waals surface area contributed by atoms with E-state index in [9.17, 15) is 0 Å². The molecular formula is C11H20N2S. The van der Waals surface area contributed by atoms with E-state index in [1.165, 1.54) is 12.0 Å². The van der Waals surface area contributed by atoms with Crippen LogP contribution in [-0.2, 0) is 6.42 Å². The second-order valence-corrected chi connectivity index (χ2v) is 4.73. The maximum atomic E-state index is 5.55. The van der Waals surface area contributed by atoms with Gasteiger partial charge in [-0.15, -0.1) is 0 Å². The predicted molar refractivity (Wildman–Crippen MR) is 63.2 cm³/mol. The van der Waals surface area contributed by atoms with Crippen molar-refractivity contribution in [3.05, 3.63) is 22.4 Å². The molecule has 2 unspecified atom stereocenters. The van der Waals surface area contributed by atoms with Crippen LogP contribution in [0.2, 0.25) is 0 Å². The lowest BCUT2D eigenvalue weighted by molar-refractivity contribution is 0.397. The molecule has 0 aliphatic rings. The van der Waals surface area contributed by atoms with Crippen LogP contribution >= 0.6 is 11.3 Å². The van der Waals surface area contributed by atoms with Gasteiger partial charge in [-0.25, -0.2) is 0 Å². The lowest BCUT2D eigenvalue weighted by Gasteiger charge is -2.18. The van der Waals surface area contributed by atoms with E-state index in [-0.39, 0.29) is 0 Å². The predicted octanol–water partition coefficient (Wildman–Crippen LogP) is 2.56. The highest BCUT2D eigenvalue weighted by molar-refractivity contribution is 7.07. The number of hydrogen-bond acceptors (Lipinski definition) is 3. The third-order valence-corrected chi connectivity index (χ3v) is 3.41. The quantitative estimate of drug-likeness (QED) is 0.562. The van der Waals surface area contributed by atoms with E-state index in [1.807, 2.05) is 0 Å². The fraction of sp³-hybridized carbons (Fsp3) is 0.636. The van der Waals surface area contributed by atoms with Gasteiger partial charge in [0.25, 0.3) is 0 Å². The fourth-order valence-electron chi connectivity index (χ4n) is 1.56. The molecule has 3 heteroatoms. The maximum absolute atomic E-state index is 5.55. The molecule has 0 spiro atoms. The van der Waals surface area contributed by atoms with Crippen LogP contribution < -0.4 is 11.3 Å². The van der Waals surface area contributed by atoms with Crippen molar-refractivity contribution in [3.8, 4) is 0 Å². The van der Waals surface area contributed by atoms with E-state index in [0.29, 0.717) is 6.04 Å². The van der Waals surface area contributed by atoms with E-state index >= 15 is 0 Å². The summed E-state index contributed by atoms with van der Waals surface area (Å²) in [6.45, 7) is 4.50. The van der Waals surface area contributed by atoms with E-state index < -0.39 is 0 Å². The Morgan fingerprint density at radius 3 is 2.86 bits per heavy atom. The van der Waals surface area contributed by atoms with Gasteiger partial charge in [-0.1, -0.05) is 20.3 Å². The first-order valence-electron chi connectivity index (χ1n) is 5.23. The molecule has 0 saturated carbocycles. The highest BCUT2D eigenvalue weighted by Crippen LogP contribution is 2.15. The van der Waals surface area contributed by atoms with E-state index in [0.717, 1.165) is 18.8 Å². The van der Waals surface area contributed by atoms with Crippen LogP contribution in [0.5, 0.6) is 0 Å². The molecular weight excluding hydrogens is 192 g/mol. The molecule has 3 N–H and O–H groups in total. The number of thiophene rings is 1. The summed E-state index contributed by atoms with van der Waals surface area (Å²) in [5.74, 6) is 6.29. The van der Waals surface area contributed by atoms with Crippen LogP contribution in [0.15, 0.2) is 16.8 Å². The van der Waals surface area contributed by atoms with Crippen molar-refractivity contribution in [3.63, 3.8) is 0 Å². The summed E-state index contributed by atoms with van der Waals surface area (Å²) in [7, 11) is 0. The van der Waals surface area contributed by atoms with Gasteiger partial charge >= 0.3 is 0 Å². The summed E-state index contributed by atoms with van der Waals surface area (Å²) in [4.78, 5) is 0. The van der Waals surface area contributed by atoms with Crippen molar-refractivity contribution in [1.29, 1.82) is 0 Å². The highest BCUT2D eigenvalue weighted by atomic mass is 32.1. The zero-order valence-corrected chi connectivity index (χ0v) is 9.81. The van der Waals surface area contributed by atoms with Crippen molar-refractivity contribution >= 4 is 11.3 Å². The minimum Gasteiger partial charge on any atom is -0.271 e. The third-order valence-electron chi connectivity index (χ3n) is 2.68. The normalized spacial score (nSPS) is 15.4. The van der Waals surface area contributed by atoms with Crippen LogP contribution in [0, 0.1) is 5.92 Å². The largest absolute Gasteiger partial charge is 0.271 e. The Morgan fingerprint density at radius 2 is 2.36 bits per heavy atom. The fourth-order valence-corrected chi connectivity index (χ4v) is 2.24. The first kappa shape index (κ1) is 11.7. The van der Waals surface area contributed by atoms with Gasteiger partial charge < -0.3 is 0 Å². The summed E-state index contributed by atoms with van der Waals surface area (Å²) in [6, 6.07) is 2.59. The summed E-state index contributed by atoms with van der Waals surface area (Å²) in [6.07, 6.45) is 3.43. The van der Waals surface area contributed by atoms with Crippen LogP contribution in [0.4, 0.5) is 0 Å². The van der Waals surface area contributed by atoms with Gasteiger partial charge in [-0.2, -0.15) is 11.3 Å². The zero-order valence-electron chi connectivity index (χ0n) is 8.99. The molecule has 80 valence electrons. The minimum atomic E-state index is 0.416. The van der Waals surface area contributed by atoms with Gasteiger partial charge in [-0.3, -0.25) is 11.3 Å². The molecule has 2 atom stereocenters. The molecule has 0 aliphatic heterocycles. The summed E-state index contributed by atoms with van der Waals surface area (Å²) in [5.41, 5.74) is 4.30. The van der Waals surface area contributed by atoms with E-state index in [4.69, 9.17) is 5.84 Å². The zero-order chi connectivity index (χ0) is 10.4. The van der Waals surface area contributed by atoms with Crippen LogP contribution in [0.25, 0.3) is 0 Å². The van der Waals surface area contributed by atoms with Gasteiger partial charge in [0.2, 0.25) is 0 Å². The first-order valence-corrected chi connectivity index (χ1v) is 6.17. The second kappa shape index (κ2) is 6.17.